The van der Waals surface area contributed by atoms with Crippen molar-refractivity contribution in [2.24, 2.45) is 12.0 Å². The Hall–Kier alpha value is -0.920. The second-order valence-electron chi connectivity index (χ2n) is 5.39. The van der Waals surface area contributed by atoms with E-state index >= 15 is 0 Å². The molecule has 138 valence electrons. The molecule has 0 bridgehead atoms. The highest BCUT2D eigenvalue weighted by Gasteiger charge is 2.24. The summed E-state index contributed by atoms with van der Waals surface area (Å²) < 4.78 is 32.1. The lowest BCUT2D eigenvalue weighted by Crippen LogP contribution is -2.49. The summed E-state index contributed by atoms with van der Waals surface area (Å²) in [5.74, 6) is 0.734. The van der Waals surface area contributed by atoms with Gasteiger partial charge in [-0.3, -0.25) is 9.67 Å². The van der Waals surface area contributed by atoms with Gasteiger partial charge in [0.05, 0.1) is 25.6 Å². The van der Waals surface area contributed by atoms with Gasteiger partial charge in [0.15, 0.2) is 5.96 Å². The number of hydrogen-bond donors (Lipinski definition) is 2. The molecule has 1 aromatic heterocycles. The standard InChI is InChI=1S/C13H24N6O3S.HI/c1-14-13(15-4-5-17-23(3,20)21)19-6-7-22-12(10-19)11-8-16-18(2)9-11;/h8-9,12,17H,4-7,10H2,1-3H3,(H,14,15);1H. The van der Waals surface area contributed by atoms with Crippen LogP contribution in [0.4, 0.5) is 0 Å². The topological polar surface area (TPSA) is 101 Å². The van der Waals surface area contributed by atoms with Crippen LogP contribution in [-0.4, -0.2) is 75.1 Å². The molecule has 0 saturated carbocycles. The zero-order valence-corrected chi connectivity index (χ0v) is 17.2. The molecule has 1 saturated heterocycles. The Bertz CT molecular complexity index is 648. The molecule has 0 spiro atoms. The van der Waals surface area contributed by atoms with Crippen LogP contribution < -0.4 is 10.0 Å². The first-order valence-electron chi connectivity index (χ1n) is 7.39. The first kappa shape index (κ1) is 21.1. The SMILES string of the molecule is CN=C(NCCNS(C)(=O)=O)N1CCOC(c2cnn(C)c2)C1.I. The normalized spacial score (nSPS) is 19.0. The van der Waals surface area contributed by atoms with Crippen molar-refractivity contribution in [2.75, 3.05) is 46.1 Å². The lowest BCUT2D eigenvalue weighted by atomic mass is 10.1. The van der Waals surface area contributed by atoms with Crippen LogP contribution in [0.3, 0.4) is 0 Å². The van der Waals surface area contributed by atoms with Crippen LogP contribution >= 0.6 is 24.0 Å². The van der Waals surface area contributed by atoms with Crippen molar-refractivity contribution in [1.82, 2.24) is 24.7 Å². The van der Waals surface area contributed by atoms with Crippen molar-refractivity contribution >= 4 is 40.0 Å². The molecule has 1 aromatic rings. The number of aryl methyl sites for hydroxylation is 1. The van der Waals surface area contributed by atoms with E-state index in [4.69, 9.17) is 4.74 Å². The summed E-state index contributed by atoms with van der Waals surface area (Å²) in [5, 5.41) is 7.33. The maximum Gasteiger partial charge on any atom is 0.208 e. The molecule has 2 heterocycles. The van der Waals surface area contributed by atoms with Gasteiger partial charge < -0.3 is 15.0 Å². The van der Waals surface area contributed by atoms with Gasteiger partial charge in [-0.1, -0.05) is 0 Å². The van der Waals surface area contributed by atoms with Gasteiger partial charge in [-0.2, -0.15) is 5.10 Å². The first-order valence-corrected chi connectivity index (χ1v) is 9.28. The smallest absolute Gasteiger partial charge is 0.208 e. The minimum Gasteiger partial charge on any atom is -0.370 e. The average Bonchev–Trinajstić information content (AvgIpc) is 2.93. The van der Waals surface area contributed by atoms with E-state index in [1.165, 1.54) is 0 Å². The average molecular weight is 472 g/mol. The fraction of sp³-hybridized carbons (Fsp3) is 0.692. The van der Waals surface area contributed by atoms with Gasteiger partial charge in [0.1, 0.15) is 6.10 Å². The summed E-state index contributed by atoms with van der Waals surface area (Å²) in [6.45, 7) is 2.78. The zero-order chi connectivity index (χ0) is 16.9. The third-order valence-corrected chi connectivity index (χ3v) is 4.18. The summed E-state index contributed by atoms with van der Waals surface area (Å²) in [6, 6.07) is 0. The lowest BCUT2D eigenvalue weighted by Gasteiger charge is -2.34. The van der Waals surface area contributed by atoms with E-state index in [1.807, 2.05) is 13.2 Å². The van der Waals surface area contributed by atoms with Crippen molar-refractivity contribution in [3.8, 4) is 0 Å². The zero-order valence-electron chi connectivity index (χ0n) is 14.1. The van der Waals surface area contributed by atoms with E-state index in [0.717, 1.165) is 24.3 Å². The van der Waals surface area contributed by atoms with Crippen LogP contribution in [0.1, 0.15) is 11.7 Å². The van der Waals surface area contributed by atoms with Crippen LogP contribution in [0.2, 0.25) is 0 Å². The van der Waals surface area contributed by atoms with Gasteiger partial charge in [-0.25, -0.2) is 13.1 Å². The highest BCUT2D eigenvalue weighted by molar-refractivity contribution is 14.0. The minimum atomic E-state index is -3.17. The van der Waals surface area contributed by atoms with E-state index in [0.29, 0.717) is 26.2 Å². The predicted molar refractivity (Wildman–Crippen MR) is 103 cm³/mol. The number of rotatable bonds is 5. The molecule has 0 radical (unpaired) electrons. The second kappa shape index (κ2) is 9.53. The Balaban J connectivity index is 0.00000288. The van der Waals surface area contributed by atoms with Gasteiger partial charge in [0, 0.05) is 45.5 Å². The predicted octanol–water partition coefficient (Wildman–Crippen LogP) is -0.464. The quantitative estimate of drug-likeness (QED) is 0.260. The van der Waals surface area contributed by atoms with E-state index in [1.54, 1.807) is 17.9 Å². The van der Waals surface area contributed by atoms with Crippen LogP contribution in [0.15, 0.2) is 17.4 Å². The van der Waals surface area contributed by atoms with E-state index in [9.17, 15) is 8.42 Å². The summed E-state index contributed by atoms with van der Waals surface area (Å²) >= 11 is 0. The number of nitrogens with one attached hydrogen (secondary N) is 2. The van der Waals surface area contributed by atoms with Crippen LogP contribution in [0.5, 0.6) is 0 Å². The molecule has 9 nitrogen and oxygen atoms in total. The van der Waals surface area contributed by atoms with Crippen LogP contribution in [0.25, 0.3) is 0 Å². The number of sulfonamides is 1. The Kier molecular flexibility index (Phi) is 8.39. The number of ether oxygens (including phenoxy) is 1. The molecular formula is C13H25IN6O3S. The maximum atomic E-state index is 11.0. The van der Waals surface area contributed by atoms with Gasteiger partial charge in [-0.05, 0) is 0 Å². The number of halogens is 1. The van der Waals surface area contributed by atoms with Crippen molar-refractivity contribution in [1.29, 1.82) is 0 Å². The van der Waals surface area contributed by atoms with E-state index in [-0.39, 0.29) is 30.1 Å². The molecule has 0 aliphatic carbocycles. The molecule has 1 unspecified atom stereocenters. The summed E-state index contributed by atoms with van der Waals surface area (Å²) in [5.41, 5.74) is 1.03. The number of aromatic nitrogens is 2. The maximum absolute atomic E-state index is 11.0. The number of morpholine rings is 1. The van der Waals surface area contributed by atoms with Gasteiger partial charge in [-0.15, -0.1) is 24.0 Å². The highest BCUT2D eigenvalue weighted by atomic mass is 127. The summed E-state index contributed by atoms with van der Waals surface area (Å²) in [7, 11) is 0.415. The Labute approximate surface area is 159 Å². The monoisotopic (exact) mass is 472 g/mol. The molecule has 2 N–H and O–H groups in total. The highest BCUT2D eigenvalue weighted by Crippen LogP contribution is 2.21. The van der Waals surface area contributed by atoms with Gasteiger partial charge in [0.2, 0.25) is 10.0 Å². The molecular weight excluding hydrogens is 447 g/mol. The third-order valence-electron chi connectivity index (χ3n) is 3.45. The molecule has 1 atom stereocenters. The van der Waals surface area contributed by atoms with Gasteiger partial charge >= 0.3 is 0 Å². The van der Waals surface area contributed by atoms with Gasteiger partial charge in [0.25, 0.3) is 0 Å². The molecule has 0 amide bonds. The van der Waals surface area contributed by atoms with Crippen molar-refractivity contribution < 1.29 is 13.2 Å². The number of guanidine groups is 1. The second-order valence-corrected chi connectivity index (χ2v) is 7.23. The first-order chi connectivity index (χ1) is 10.9. The molecule has 2 rings (SSSR count). The van der Waals surface area contributed by atoms with Crippen molar-refractivity contribution in [3.63, 3.8) is 0 Å². The molecule has 11 heteroatoms. The number of nitrogens with zero attached hydrogens (tertiary/aromatic N) is 4. The molecule has 1 aliphatic heterocycles. The Morgan fingerprint density at radius 3 is 2.83 bits per heavy atom. The largest absolute Gasteiger partial charge is 0.370 e. The molecule has 24 heavy (non-hydrogen) atoms. The molecule has 1 fully saturated rings. The minimum absolute atomic E-state index is 0. The van der Waals surface area contributed by atoms with E-state index < -0.39 is 10.0 Å². The Morgan fingerprint density at radius 1 is 1.50 bits per heavy atom. The lowest BCUT2D eigenvalue weighted by molar-refractivity contribution is -0.00800. The number of aliphatic imine (C=N–C) groups is 1. The molecule has 1 aliphatic rings. The number of hydrogen-bond acceptors (Lipinski definition) is 5. The van der Waals surface area contributed by atoms with E-state index in [2.05, 4.69) is 25.0 Å². The summed E-state index contributed by atoms with van der Waals surface area (Å²) in [4.78, 5) is 6.36. The van der Waals surface area contributed by atoms with Crippen molar-refractivity contribution in [3.05, 3.63) is 18.0 Å². The fourth-order valence-electron chi connectivity index (χ4n) is 2.39. The van der Waals surface area contributed by atoms with Crippen LogP contribution in [0, 0.1) is 0 Å². The third kappa shape index (κ3) is 6.53. The molecule has 0 aromatic carbocycles. The summed E-state index contributed by atoms with van der Waals surface area (Å²) in [6.07, 6.45) is 4.84. The fourth-order valence-corrected chi connectivity index (χ4v) is 2.87. The van der Waals surface area contributed by atoms with Crippen molar-refractivity contribution in [2.45, 2.75) is 6.10 Å². The Morgan fingerprint density at radius 2 is 2.25 bits per heavy atom. The van der Waals surface area contributed by atoms with Crippen LogP contribution in [-0.2, 0) is 21.8 Å².